The molecule has 48 heavy (non-hydrogen) atoms. The normalized spacial score (nSPS) is 16.3. The maximum atomic E-state index is 15.2. The van der Waals surface area contributed by atoms with E-state index in [1.807, 2.05) is 17.0 Å². The average molecular weight is 660 g/mol. The van der Waals surface area contributed by atoms with Gasteiger partial charge >= 0.3 is 6.18 Å². The molecule has 0 radical (unpaired) electrons. The van der Waals surface area contributed by atoms with Crippen molar-refractivity contribution in [3.63, 3.8) is 0 Å². The maximum absolute atomic E-state index is 15.2. The molecule has 0 saturated carbocycles. The van der Waals surface area contributed by atoms with Crippen LogP contribution < -0.4 is 10.6 Å². The number of benzene rings is 2. The minimum absolute atomic E-state index is 0.00254. The summed E-state index contributed by atoms with van der Waals surface area (Å²) in [7, 11) is 0. The van der Waals surface area contributed by atoms with E-state index in [2.05, 4.69) is 19.9 Å². The molecule has 5 heterocycles. The van der Waals surface area contributed by atoms with E-state index >= 15 is 4.39 Å². The number of anilines is 2. The summed E-state index contributed by atoms with van der Waals surface area (Å²) in [5, 5.41) is 0. The highest BCUT2D eigenvalue weighted by Crippen LogP contribution is 2.36. The third-order valence-corrected chi connectivity index (χ3v) is 8.71. The fourth-order valence-electron chi connectivity index (χ4n) is 6.25. The number of rotatable bonds is 5. The van der Waals surface area contributed by atoms with Crippen LogP contribution in [0.1, 0.15) is 48.7 Å². The van der Waals surface area contributed by atoms with Crippen LogP contribution in [0.15, 0.2) is 59.7 Å². The van der Waals surface area contributed by atoms with Crippen LogP contribution in [0.5, 0.6) is 0 Å². The molecule has 0 atom stereocenters. The number of nitrogen functional groups attached to an aromatic ring is 1. The number of ketones is 1. The van der Waals surface area contributed by atoms with E-state index in [1.54, 1.807) is 18.2 Å². The van der Waals surface area contributed by atoms with Gasteiger partial charge in [0.15, 0.2) is 11.6 Å². The van der Waals surface area contributed by atoms with E-state index in [9.17, 15) is 22.8 Å². The second-order valence-electron chi connectivity index (χ2n) is 11.7. The van der Waals surface area contributed by atoms with Crippen LogP contribution >= 0.6 is 0 Å². The highest BCUT2D eigenvalue weighted by Gasteiger charge is 2.35. The summed E-state index contributed by atoms with van der Waals surface area (Å²) in [6, 6.07) is 12.4. The predicted octanol–water partition coefficient (Wildman–Crippen LogP) is 4.54. The molecule has 1 amide bonds. The highest BCUT2D eigenvalue weighted by molar-refractivity contribution is 6.15. The number of hydrogen-bond donors (Lipinski definition) is 1. The van der Waals surface area contributed by atoms with Crippen LogP contribution in [-0.4, -0.2) is 76.6 Å². The molecule has 2 N–H and O–H groups in total. The molecular formula is C34H29F4N7O3. The van der Waals surface area contributed by atoms with E-state index in [4.69, 9.17) is 10.5 Å². The first-order chi connectivity index (χ1) is 23.1. The van der Waals surface area contributed by atoms with Crippen molar-refractivity contribution in [2.45, 2.75) is 25.6 Å². The third kappa shape index (κ3) is 5.99. The lowest BCUT2D eigenvalue weighted by Crippen LogP contribution is -2.41. The number of carbonyl (C=O) groups is 2. The Kier molecular flexibility index (Phi) is 8.11. The zero-order chi connectivity index (χ0) is 33.6. The van der Waals surface area contributed by atoms with Gasteiger partial charge in [0.2, 0.25) is 0 Å². The first-order valence-electron chi connectivity index (χ1n) is 15.4. The van der Waals surface area contributed by atoms with Crippen molar-refractivity contribution in [2.75, 3.05) is 50.0 Å². The van der Waals surface area contributed by atoms with E-state index < -0.39 is 29.3 Å². The second kappa shape index (κ2) is 12.4. The second-order valence-corrected chi connectivity index (χ2v) is 11.7. The fourth-order valence-corrected chi connectivity index (χ4v) is 6.25. The highest BCUT2D eigenvalue weighted by atomic mass is 19.4. The number of nitrogens with zero attached hydrogens (tertiary/aromatic N) is 6. The van der Waals surface area contributed by atoms with Crippen LogP contribution in [0, 0.1) is 5.82 Å². The molecular weight excluding hydrogens is 630 g/mol. The van der Waals surface area contributed by atoms with Crippen molar-refractivity contribution < 1.29 is 31.9 Å². The molecule has 0 spiro atoms. The Hall–Kier alpha value is -5.24. The Bertz CT molecular complexity index is 1980. The van der Waals surface area contributed by atoms with E-state index in [0.29, 0.717) is 73.1 Å². The number of aliphatic imine (C=N–C) groups is 1. The number of aromatic nitrogens is 3. The number of alkyl halides is 3. The van der Waals surface area contributed by atoms with Crippen molar-refractivity contribution in [1.82, 2.24) is 19.9 Å². The molecule has 4 aromatic rings. The quantitative estimate of drug-likeness (QED) is 0.310. The maximum Gasteiger partial charge on any atom is 0.419 e. The average Bonchev–Trinajstić information content (AvgIpc) is 3.09. The van der Waals surface area contributed by atoms with Crippen molar-refractivity contribution in [3.8, 4) is 11.4 Å². The van der Waals surface area contributed by atoms with Gasteiger partial charge in [-0.3, -0.25) is 14.6 Å². The summed E-state index contributed by atoms with van der Waals surface area (Å²) in [6.45, 7) is 2.19. The number of ether oxygens (including phenoxy) is 1. The monoisotopic (exact) mass is 659 g/mol. The molecule has 0 unspecified atom stereocenters. The number of carbonyl (C=O) groups excluding carboxylic acids is 2. The molecule has 1 fully saturated rings. The zero-order valence-electron chi connectivity index (χ0n) is 25.6. The minimum atomic E-state index is -4.74. The summed E-state index contributed by atoms with van der Waals surface area (Å²) in [5.41, 5.74) is 8.14. The van der Waals surface area contributed by atoms with Gasteiger partial charge in [0.05, 0.1) is 36.6 Å². The van der Waals surface area contributed by atoms with Gasteiger partial charge in [-0.1, -0.05) is 30.3 Å². The zero-order valence-corrected chi connectivity index (χ0v) is 25.6. The van der Waals surface area contributed by atoms with Gasteiger partial charge in [0, 0.05) is 60.2 Å². The molecule has 1 saturated heterocycles. The lowest BCUT2D eigenvalue weighted by Gasteiger charge is -2.34. The number of morpholine rings is 1. The van der Waals surface area contributed by atoms with Crippen LogP contribution in [0.3, 0.4) is 0 Å². The molecule has 14 heteroatoms. The molecule has 246 valence electrons. The summed E-state index contributed by atoms with van der Waals surface area (Å²) in [4.78, 5) is 47.1. The summed E-state index contributed by atoms with van der Waals surface area (Å²) in [5.74, 6) is -1.43. The molecule has 10 nitrogen and oxygen atoms in total. The molecule has 0 bridgehead atoms. The van der Waals surface area contributed by atoms with E-state index in [0.717, 1.165) is 11.6 Å². The van der Waals surface area contributed by atoms with Crippen LogP contribution in [0.4, 0.5) is 29.2 Å². The fraction of sp³-hybridized carbons (Fsp3) is 0.294. The number of nitrogens with two attached hydrogens (primary N) is 1. The van der Waals surface area contributed by atoms with Crippen molar-refractivity contribution in [3.05, 3.63) is 99.6 Å². The van der Waals surface area contributed by atoms with Crippen LogP contribution in [-0.2, 0) is 30.3 Å². The number of Topliss-reactive ketones (excluding diaryl/α,β-unsaturated/α-hetero) is 1. The topological polar surface area (TPSA) is 127 Å². The van der Waals surface area contributed by atoms with Crippen LogP contribution in [0.25, 0.3) is 11.4 Å². The third-order valence-electron chi connectivity index (χ3n) is 8.71. The van der Waals surface area contributed by atoms with Crippen molar-refractivity contribution in [1.29, 1.82) is 0 Å². The predicted molar refractivity (Wildman–Crippen MR) is 168 cm³/mol. The van der Waals surface area contributed by atoms with Gasteiger partial charge in [0.1, 0.15) is 24.0 Å². The molecule has 2 aromatic carbocycles. The van der Waals surface area contributed by atoms with Gasteiger partial charge in [-0.15, -0.1) is 0 Å². The van der Waals surface area contributed by atoms with E-state index in [1.165, 1.54) is 23.2 Å². The van der Waals surface area contributed by atoms with Gasteiger partial charge < -0.3 is 20.3 Å². The Labute approximate surface area is 272 Å². The Morgan fingerprint density at radius 1 is 1.00 bits per heavy atom. The van der Waals surface area contributed by atoms with Gasteiger partial charge in [-0.2, -0.15) is 13.2 Å². The number of hydrogen-bond acceptors (Lipinski definition) is 9. The number of halogens is 4. The molecule has 7 rings (SSSR count). The lowest BCUT2D eigenvalue weighted by atomic mass is 9.92. The summed E-state index contributed by atoms with van der Waals surface area (Å²) in [6.07, 6.45) is -2.90. The standard InChI is InChI=1S/C34H29F4N7O3/c35-26-6-5-19(14-27-21-3-1-2-4-22(21)29(46)17-40-27)13-24(26)33(47)45-8-7-23-28(18-45)42-31(43-32(23)44-9-11-48-12-10-44)20-15-25(34(36,37)38)30(39)41-16-20/h1-6,13,15-16H,7-12,14,17-18H2,(H2,39,41). The SMILES string of the molecule is Nc1ncc(-c2nc3c(c(N4CCOCC4)n2)CCN(C(=O)c2cc(CC4=NCC(=O)c5ccccc54)ccc2F)C3)cc1C(F)(F)F. The van der Waals surface area contributed by atoms with Crippen molar-refractivity contribution >= 4 is 29.0 Å². The smallest absolute Gasteiger partial charge is 0.383 e. The molecule has 3 aliphatic rings. The molecule has 0 aliphatic carbocycles. The van der Waals surface area contributed by atoms with Crippen LogP contribution in [0.2, 0.25) is 0 Å². The molecule has 3 aliphatic heterocycles. The number of pyridine rings is 1. The van der Waals surface area contributed by atoms with Gasteiger partial charge in [0.25, 0.3) is 5.91 Å². The Balaban J connectivity index is 1.20. The first-order valence-corrected chi connectivity index (χ1v) is 15.4. The molecule has 2 aromatic heterocycles. The Morgan fingerprint density at radius 3 is 2.54 bits per heavy atom. The van der Waals surface area contributed by atoms with Gasteiger partial charge in [-0.25, -0.2) is 19.3 Å². The summed E-state index contributed by atoms with van der Waals surface area (Å²) >= 11 is 0. The first kappa shape index (κ1) is 31.4. The largest absolute Gasteiger partial charge is 0.419 e. The lowest BCUT2D eigenvalue weighted by molar-refractivity contribution is -0.137. The summed E-state index contributed by atoms with van der Waals surface area (Å²) < 4.78 is 61.8. The van der Waals surface area contributed by atoms with E-state index in [-0.39, 0.29) is 42.4 Å². The van der Waals surface area contributed by atoms with Crippen molar-refractivity contribution in [2.24, 2.45) is 4.99 Å². The number of amides is 1. The van der Waals surface area contributed by atoms with Gasteiger partial charge in [-0.05, 0) is 30.2 Å². The Morgan fingerprint density at radius 2 is 1.77 bits per heavy atom. The number of fused-ring (bicyclic) bond motifs is 2. The minimum Gasteiger partial charge on any atom is -0.383 e.